The highest BCUT2D eigenvalue weighted by Crippen LogP contribution is 2.23. The maximum atomic E-state index is 9.68. The van der Waals surface area contributed by atoms with E-state index in [4.69, 9.17) is 21.1 Å². The van der Waals surface area contributed by atoms with Gasteiger partial charge in [-0.2, -0.15) is 4.98 Å². The lowest BCUT2D eigenvalue weighted by atomic mass is 10.2. The number of aromatic nitrogens is 3. The molecule has 162 valence electrons. The van der Waals surface area contributed by atoms with Gasteiger partial charge < -0.3 is 30.6 Å². The summed E-state index contributed by atoms with van der Waals surface area (Å²) in [6.45, 7) is 1.94. The Balaban J connectivity index is 1.74. The highest BCUT2D eigenvalue weighted by atomic mass is 16.5. The summed E-state index contributed by atoms with van der Waals surface area (Å²) in [5.41, 5.74) is 8.19. The number of pyridine rings is 1. The van der Waals surface area contributed by atoms with Crippen molar-refractivity contribution < 1.29 is 14.6 Å². The number of aromatic hydroxyl groups is 1. The molecule has 2 heterocycles. The Hall–Kier alpha value is -4.05. The van der Waals surface area contributed by atoms with E-state index < -0.39 is 0 Å². The van der Waals surface area contributed by atoms with E-state index in [1.807, 2.05) is 0 Å². The van der Waals surface area contributed by atoms with Gasteiger partial charge in [-0.05, 0) is 43.3 Å². The van der Waals surface area contributed by atoms with Crippen molar-refractivity contribution in [2.75, 3.05) is 26.0 Å². The predicted octanol–water partition coefficient (Wildman–Crippen LogP) is 2.23. The summed E-state index contributed by atoms with van der Waals surface area (Å²) in [4.78, 5) is 12.9. The lowest BCUT2D eigenvalue weighted by Gasteiger charge is -2.20. The van der Waals surface area contributed by atoms with Gasteiger partial charge in [0.15, 0.2) is 0 Å². The molecule has 0 unspecified atom stereocenters. The van der Waals surface area contributed by atoms with Crippen molar-refractivity contribution >= 4 is 11.6 Å². The standard InChI is InChI=1S/C21H25N7O3/c1-13-18(29)9-8-16(26-13)20(22)17(28(2)23)12-25-21-24-11-10-19(27-21)31-15-6-4-14(30-3)5-7-15/h4-11,29H,12,22-23H2,1-3H3,(H,24,25,27)/b20-17-. The summed E-state index contributed by atoms with van der Waals surface area (Å²) >= 11 is 0. The Labute approximate surface area is 180 Å². The van der Waals surface area contributed by atoms with Crippen molar-refractivity contribution in [3.8, 4) is 23.1 Å². The molecule has 3 aromatic rings. The molecule has 0 amide bonds. The minimum absolute atomic E-state index is 0.0967. The van der Waals surface area contributed by atoms with Gasteiger partial charge >= 0.3 is 0 Å². The van der Waals surface area contributed by atoms with Crippen LogP contribution in [-0.2, 0) is 0 Å². The van der Waals surface area contributed by atoms with Crippen molar-refractivity contribution in [3.05, 3.63) is 65.7 Å². The quantitative estimate of drug-likeness (QED) is 0.314. The zero-order chi connectivity index (χ0) is 22.4. The molecule has 0 atom stereocenters. The van der Waals surface area contributed by atoms with Gasteiger partial charge in [0.25, 0.3) is 0 Å². The first kappa shape index (κ1) is 21.7. The summed E-state index contributed by atoms with van der Waals surface area (Å²) in [5.74, 6) is 8.13. The topological polar surface area (TPSA) is 145 Å². The third kappa shape index (κ3) is 5.52. The summed E-state index contributed by atoms with van der Waals surface area (Å²) in [7, 11) is 3.27. The average Bonchev–Trinajstić information content (AvgIpc) is 2.76. The number of anilines is 1. The Kier molecular flexibility index (Phi) is 6.73. The van der Waals surface area contributed by atoms with Crippen LogP contribution in [0.3, 0.4) is 0 Å². The molecular weight excluding hydrogens is 398 g/mol. The summed E-state index contributed by atoms with van der Waals surface area (Å²) in [6.07, 6.45) is 1.58. The molecule has 10 heteroatoms. The zero-order valence-electron chi connectivity index (χ0n) is 17.5. The predicted molar refractivity (Wildman–Crippen MR) is 117 cm³/mol. The van der Waals surface area contributed by atoms with Crippen LogP contribution in [0.1, 0.15) is 11.4 Å². The Morgan fingerprint density at radius 2 is 1.81 bits per heavy atom. The van der Waals surface area contributed by atoms with Crippen LogP contribution in [0.25, 0.3) is 5.70 Å². The first-order chi connectivity index (χ1) is 14.9. The second-order valence-corrected chi connectivity index (χ2v) is 6.62. The third-order valence-corrected chi connectivity index (χ3v) is 4.40. The fourth-order valence-electron chi connectivity index (χ4n) is 2.67. The third-order valence-electron chi connectivity index (χ3n) is 4.40. The highest BCUT2D eigenvalue weighted by Gasteiger charge is 2.12. The van der Waals surface area contributed by atoms with Gasteiger partial charge in [-0.25, -0.2) is 15.8 Å². The Morgan fingerprint density at radius 3 is 2.45 bits per heavy atom. The number of likely N-dealkylation sites (N-methyl/N-ethyl adjacent to an activating group) is 1. The monoisotopic (exact) mass is 423 g/mol. The van der Waals surface area contributed by atoms with Crippen LogP contribution in [0, 0.1) is 6.92 Å². The number of hydrogen-bond donors (Lipinski definition) is 4. The van der Waals surface area contributed by atoms with E-state index in [0.717, 1.165) is 5.75 Å². The molecule has 6 N–H and O–H groups in total. The van der Waals surface area contributed by atoms with Crippen LogP contribution in [-0.4, -0.2) is 45.8 Å². The second kappa shape index (κ2) is 9.63. The number of rotatable bonds is 8. The second-order valence-electron chi connectivity index (χ2n) is 6.62. The molecule has 0 bridgehead atoms. The molecule has 10 nitrogen and oxygen atoms in total. The van der Waals surface area contributed by atoms with Crippen LogP contribution < -0.4 is 26.4 Å². The van der Waals surface area contributed by atoms with E-state index in [-0.39, 0.29) is 12.3 Å². The molecule has 0 saturated carbocycles. The normalized spacial score (nSPS) is 11.5. The maximum Gasteiger partial charge on any atom is 0.226 e. The van der Waals surface area contributed by atoms with E-state index in [9.17, 15) is 5.11 Å². The summed E-state index contributed by atoms with van der Waals surface area (Å²) in [5, 5.41) is 14.2. The molecule has 2 aromatic heterocycles. The minimum Gasteiger partial charge on any atom is -0.506 e. The molecular formula is C21H25N7O3. The fraction of sp³-hybridized carbons (Fsp3) is 0.190. The van der Waals surface area contributed by atoms with E-state index in [0.29, 0.717) is 40.4 Å². The molecule has 0 saturated heterocycles. The molecule has 31 heavy (non-hydrogen) atoms. The average molecular weight is 423 g/mol. The van der Waals surface area contributed by atoms with Crippen molar-refractivity contribution in [3.63, 3.8) is 0 Å². The van der Waals surface area contributed by atoms with Crippen molar-refractivity contribution in [2.45, 2.75) is 6.92 Å². The van der Waals surface area contributed by atoms with E-state index in [2.05, 4.69) is 20.3 Å². The van der Waals surface area contributed by atoms with Gasteiger partial charge in [0, 0.05) is 19.3 Å². The van der Waals surface area contributed by atoms with E-state index in [1.54, 1.807) is 63.7 Å². The van der Waals surface area contributed by atoms with Crippen LogP contribution in [0.5, 0.6) is 23.1 Å². The van der Waals surface area contributed by atoms with E-state index >= 15 is 0 Å². The SMILES string of the molecule is COc1ccc(Oc2ccnc(NC/C(=C(/N)c3ccc(O)c(C)n3)N(C)N)n2)cc1. The van der Waals surface area contributed by atoms with Gasteiger partial charge in [0.1, 0.15) is 17.2 Å². The molecule has 3 rings (SSSR count). The Morgan fingerprint density at radius 1 is 1.10 bits per heavy atom. The van der Waals surface area contributed by atoms with Crippen LogP contribution in [0.15, 0.2) is 54.4 Å². The Bertz CT molecular complexity index is 1070. The first-order valence-corrected chi connectivity index (χ1v) is 9.40. The number of nitrogens with zero attached hydrogens (tertiary/aromatic N) is 4. The number of ether oxygens (including phenoxy) is 2. The van der Waals surface area contributed by atoms with Crippen LogP contribution in [0.2, 0.25) is 0 Å². The van der Waals surface area contributed by atoms with Gasteiger partial charge in [0.2, 0.25) is 11.8 Å². The number of nitrogens with two attached hydrogens (primary N) is 2. The van der Waals surface area contributed by atoms with Gasteiger partial charge in [-0.1, -0.05) is 0 Å². The first-order valence-electron chi connectivity index (χ1n) is 9.40. The van der Waals surface area contributed by atoms with Crippen molar-refractivity contribution in [2.24, 2.45) is 11.6 Å². The molecule has 0 aliphatic heterocycles. The number of aryl methyl sites for hydroxylation is 1. The molecule has 0 aliphatic carbocycles. The highest BCUT2D eigenvalue weighted by molar-refractivity contribution is 5.64. The van der Waals surface area contributed by atoms with Crippen LogP contribution in [0.4, 0.5) is 5.95 Å². The van der Waals surface area contributed by atoms with Gasteiger partial charge in [-0.15, -0.1) is 0 Å². The number of benzene rings is 1. The summed E-state index contributed by atoms with van der Waals surface area (Å²) < 4.78 is 10.9. The van der Waals surface area contributed by atoms with Gasteiger partial charge in [-0.3, -0.25) is 0 Å². The van der Waals surface area contributed by atoms with Crippen molar-refractivity contribution in [1.29, 1.82) is 0 Å². The molecule has 0 radical (unpaired) electrons. The lowest BCUT2D eigenvalue weighted by molar-refractivity contribution is 0.412. The fourth-order valence-corrected chi connectivity index (χ4v) is 2.67. The maximum absolute atomic E-state index is 9.68. The summed E-state index contributed by atoms with van der Waals surface area (Å²) in [6, 6.07) is 12.0. The minimum atomic E-state index is 0.0967. The smallest absolute Gasteiger partial charge is 0.226 e. The van der Waals surface area contributed by atoms with E-state index in [1.165, 1.54) is 11.1 Å². The van der Waals surface area contributed by atoms with Gasteiger partial charge in [0.05, 0.1) is 36.4 Å². The van der Waals surface area contributed by atoms with Crippen LogP contribution >= 0.6 is 0 Å². The largest absolute Gasteiger partial charge is 0.506 e. The number of hydrazine groups is 1. The molecule has 0 fully saturated rings. The number of hydrogen-bond acceptors (Lipinski definition) is 10. The lowest BCUT2D eigenvalue weighted by Crippen LogP contribution is -2.32. The number of nitrogens with one attached hydrogen (secondary N) is 1. The zero-order valence-corrected chi connectivity index (χ0v) is 17.5. The molecule has 0 aliphatic rings. The molecule has 0 spiro atoms. The van der Waals surface area contributed by atoms with Crippen molar-refractivity contribution in [1.82, 2.24) is 20.0 Å². The number of methoxy groups -OCH3 is 1. The molecule has 1 aromatic carbocycles.